The number of aromatic nitrogens is 5. The second-order valence-corrected chi connectivity index (χ2v) is 16.1. The largest absolute Gasteiger partial charge is 0.278 e. The number of hydrogen-bond donors (Lipinski definition) is 0. The van der Waals surface area contributed by atoms with Crippen molar-refractivity contribution in [3.63, 3.8) is 0 Å². The molecule has 1 aliphatic rings. The monoisotopic (exact) mass is 755 g/mol. The third-order valence-electron chi connectivity index (χ3n) is 12.4. The van der Waals surface area contributed by atoms with E-state index in [2.05, 4.69) is 193 Å². The molecule has 0 bridgehead atoms. The van der Waals surface area contributed by atoms with Gasteiger partial charge in [-0.1, -0.05) is 159 Å². The summed E-state index contributed by atoms with van der Waals surface area (Å²) in [6.45, 7) is 4.67. The van der Waals surface area contributed by atoms with Crippen molar-refractivity contribution in [2.45, 2.75) is 19.3 Å². The van der Waals surface area contributed by atoms with E-state index in [1.54, 1.807) is 0 Å². The topological polar surface area (TPSA) is 48.5 Å². The molecule has 0 radical (unpaired) electrons. The molecule has 0 N–H and O–H groups in total. The molecule has 0 fully saturated rings. The summed E-state index contributed by atoms with van der Waals surface area (Å²) < 4.78 is 4.47. The van der Waals surface area contributed by atoms with Crippen LogP contribution in [-0.4, -0.2) is 24.1 Å². The van der Waals surface area contributed by atoms with Gasteiger partial charge in [-0.3, -0.25) is 9.13 Å². The van der Waals surface area contributed by atoms with Gasteiger partial charge in [0.05, 0.1) is 22.1 Å². The van der Waals surface area contributed by atoms with Gasteiger partial charge in [0.15, 0.2) is 5.82 Å². The number of fused-ring (bicyclic) bond motifs is 9. The molecule has 12 rings (SSSR count). The highest BCUT2D eigenvalue weighted by Crippen LogP contribution is 2.51. The zero-order valence-corrected chi connectivity index (χ0v) is 32.6. The third kappa shape index (κ3) is 5.08. The van der Waals surface area contributed by atoms with Crippen LogP contribution in [0.5, 0.6) is 0 Å². The summed E-state index contributed by atoms with van der Waals surface area (Å²) in [5.74, 6) is 1.75. The Morgan fingerprint density at radius 2 is 0.831 bits per heavy atom. The van der Waals surface area contributed by atoms with Crippen molar-refractivity contribution >= 4 is 43.6 Å². The van der Waals surface area contributed by atoms with E-state index in [1.807, 2.05) is 18.2 Å². The Bertz CT molecular complexity index is 3350. The first-order chi connectivity index (χ1) is 29.0. The fraction of sp³-hybridized carbons (Fsp3) is 0.0556. The first-order valence-corrected chi connectivity index (χ1v) is 20.2. The van der Waals surface area contributed by atoms with Crippen LogP contribution in [0.2, 0.25) is 0 Å². The summed E-state index contributed by atoms with van der Waals surface area (Å²) in [6, 6.07) is 67.1. The second kappa shape index (κ2) is 12.7. The first kappa shape index (κ1) is 33.5. The van der Waals surface area contributed by atoms with Gasteiger partial charge in [0.1, 0.15) is 0 Å². The molecule has 278 valence electrons. The molecular formula is C54H37N5. The van der Waals surface area contributed by atoms with Gasteiger partial charge in [-0.05, 0) is 87.0 Å². The Hall–Kier alpha value is -7.63. The molecular weight excluding hydrogens is 719 g/mol. The van der Waals surface area contributed by atoms with Crippen molar-refractivity contribution in [3.05, 3.63) is 199 Å². The van der Waals surface area contributed by atoms with Crippen molar-refractivity contribution in [3.8, 4) is 56.7 Å². The Labute approximate surface area is 341 Å². The minimum absolute atomic E-state index is 0.166. The van der Waals surface area contributed by atoms with Crippen molar-refractivity contribution in [1.82, 2.24) is 24.1 Å². The second-order valence-electron chi connectivity index (χ2n) is 16.1. The number of nitrogens with zero attached hydrogens (tertiary/aromatic N) is 5. The van der Waals surface area contributed by atoms with Crippen molar-refractivity contribution in [2.75, 3.05) is 0 Å². The van der Waals surface area contributed by atoms with Gasteiger partial charge < -0.3 is 0 Å². The van der Waals surface area contributed by atoms with Gasteiger partial charge in [-0.2, -0.15) is 15.0 Å². The molecule has 0 amide bonds. The van der Waals surface area contributed by atoms with E-state index in [9.17, 15) is 0 Å². The molecule has 8 aromatic carbocycles. The Morgan fingerprint density at radius 1 is 0.339 bits per heavy atom. The van der Waals surface area contributed by atoms with E-state index in [4.69, 9.17) is 15.0 Å². The zero-order chi connectivity index (χ0) is 39.2. The molecule has 0 saturated carbocycles. The van der Waals surface area contributed by atoms with E-state index in [1.165, 1.54) is 38.8 Å². The lowest BCUT2D eigenvalue weighted by atomic mass is 9.82. The SMILES string of the molecule is CC1(C)c2ccccc2-c2cc3c4ccccc4n(-c4nc(-c5ccccc5)nc(-n5c6ccc(-c7ccccc7)cc6c6cc(-c7ccccc7)ccc65)n4)c3cc21. The quantitative estimate of drug-likeness (QED) is 0.176. The average Bonchev–Trinajstić information content (AvgIpc) is 3.88. The fourth-order valence-corrected chi connectivity index (χ4v) is 9.51. The summed E-state index contributed by atoms with van der Waals surface area (Å²) in [5, 5.41) is 4.61. The predicted octanol–water partition coefficient (Wildman–Crippen LogP) is 13.4. The van der Waals surface area contributed by atoms with Crippen LogP contribution in [0.4, 0.5) is 0 Å². The fourth-order valence-electron chi connectivity index (χ4n) is 9.51. The van der Waals surface area contributed by atoms with E-state index in [-0.39, 0.29) is 5.41 Å². The lowest BCUT2D eigenvalue weighted by molar-refractivity contribution is 0.661. The van der Waals surface area contributed by atoms with Crippen LogP contribution in [-0.2, 0) is 5.41 Å². The maximum atomic E-state index is 5.48. The molecule has 3 heterocycles. The van der Waals surface area contributed by atoms with E-state index in [0.717, 1.165) is 54.9 Å². The number of hydrogen-bond acceptors (Lipinski definition) is 3. The third-order valence-corrected chi connectivity index (χ3v) is 12.4. The molecule has 5 heteroatoms. The van der Waals surface area contributed by atoms with Crippen molar-refractivity contribution in [1.29, 1.82) is 0 Å². The Morgan fingerprint density at radius 3 is 1.46 bits per heavy atom. The highest BCUT2D eigenvalue weighted by molar-refractivity contribution is 6.13. The Kier molecular flexibility index (Phi) is 7.20. The summed E-state index contributed by atoms with van der Waals surface area (Å²) in [6.07, 6.45) is 0. The van der Waals surface area contributed by atoms with Gasteiger partial charge in [0.2, 0.25) is 11.9 Å². The number of benzene rings is 8. The lowest BCUT2D eigenvalue weighted by Gasteiger charge is -2.21. The zero-order valence-electron chi connectivity index (χ0n) is 32.6. The molecule has 0 saturated heterocycles. The minimum atomic E-state index is -0.166. The van der Waals surface area contributed by atoms with E-state index < -0.39 is 0 Å². The molecule has 0 unspecified atom stereocenters. The summed E-state index contributed by atoms with van der Waals surface area (Å²) in [7, 11) is 0. The predicted molar refractivity (Wildman–Crippen MR) is 242 cm³/mol. The summed E-state index contributed by atoms with van der Waals surface area (Å²) in [4.78, 5) is 16.1. The first-order valence-electron chi connectivity index (χ1n) is 20.2. The van der Waals surface area contributed by atoms with E-state index in [0.29, 0.717) is 17.7 Å². The van der Waals surface area contributed by atoms with E-state index >= 15 is 0 Å². The maximum Gasteiger partial charge on any atom is 0.240 e. The normalized spacial score (nSPS) is 13.1. The Balaban J connectivity index is 1.16. The number of rotatable bonds is 5. The van der Waals surface area contributed by atoms with Crippen LogP contribution in [0.1, 0.15) is 25.0 Å². The standard InChI is InChI=1S/C54H37N5/c1-54(2)45-24-14-12-22-39(45)41-32-44-40-23-13-15-25-47(40)59(50(44)33-46(41)54)53-56-51(36-20-10-5-11-21-36)55-52(57-53)58-48-28-26-37(34-16-6-3-7-17-34)30-42(48)43-31-38(27-29-49(43)58)35-18-8-4-9-19-35/h3-33H,1-2H3. The van der Waals surface area contributed by atoms with Crippen LogP contribution >= 0.6 is 0 Å². The van der Waals surface area contributed by atoms with Crippen molar-refractivity contribution < 1.29 is 0 Å². The minimum Gasteiger partial charge on any atom is -0.278 e. The van der Waals surface area contributed by atoms with Crippen LogP contribution in [0, 0.1) is 0 Å². The van der Waals surface area contributed by atoms with Gasteiger partial charge in [0.25, 0.3) is 0 Å². The molecule has 1 aliphatic carbocycles. The smallest absolute Gasteiger partial charge is 0.240 e. The molecule has 59 heavy (non-hydrogen) atoms. The van der Waals surface area contributed by atoms with Gasteiger partial charge in [-0.15, -0.1) is 0 Å². The summed E-state index contributed by atoms with van der Waals surface area (Å²) in [5.41, 5.74) is 14.9. The van der Waals surface area contributed by atoms with Gasteiger partial charge in [-0.25, -0.2) is 0 Å². The van der Waals surface area contributed by atoms with Crippen LogP contribution in [0.25, 0.3) is 100 Å². The highest BCUT2D eigenvalue weighted by atomic mass is 15.3. The number of para-hydroxylation sites is 1. The maximum absolute atomic E-state index is 5.48. The molecule has 0 aliphatic heterocycles. The van der Waals surface area contributed by atoms with Crippen molar-refractivity contribution in [2.24, 2.45) is 0 Å². The molecule has 3 aromatic heterocycles. The molecule has 0 spiro atoms. The van der Waals surface area contributed by atoms with Crippen LogP contribution in [0.3, 0.4) is 0 Å². The summed E-state index contributed by atoms with van der Waals surface area (Å²) >= 11 is 0. The lowest BCUT2D eigenvalue weighted by Crippen LogP contribution is -2.15. The van der Waals surface area contributed by atoms with Crippen LogP contribution < -0.4 is 0 Å². The van der Waals surface area contributed by atoms with Gasteiger partial charge >= 0.3 is 0 Å². The average molecular weight is 756 g/mol. The highest BCUT2D eigenvalue weighted by Gasteiger charge is 2.36. The molecule has 0 atom stereocenters. The molecule has 5 nitrogen and oxygen atoms in total. The van der Waals surface area contributed by atoms with Crippen LogP contribution in [0.15, 0.2) is 188 Å². The molecule has 11 aromatic rings. The van der Waals surface area contributed by atoms with Gasteiger partial charge in [0, 0.05) is 32.5 Å².